The van der Waals surface area contributed by atoms with E-state index >= 15 is 0 Å². The van der Waals surface area contributed by atoms with Gasteiger partial charge in [-0.3, -0.25) is 9.59 Å². The van der Waals surface area contributed by atoms with Crippen LogP contribution in [-0.4, -0.2) is 36.7 Å². The van der Waals surface area contributed by atoms with Crippen LogP contribution in [0.1, 0.15) is 21.5 Å². The van der Waals surface area contributed by atoms with Crippen molar-refractivity contribution in [2.45, 2.75) is 13.0 Å². The Morgan fingerprint density at radius 1 is 1.25 bits per heavy atom. The van der Waals surface area contributed by atoms with Gasteiger partial charge in [0.05, 0.1) is 22.7 Å². The van der Waals surface area contributed by atoms with Crippen LogP contribution in [0.15, 0.2) is 41.3 Å². The Morgan fingerprint density at radius 2 is 2.00 bits per heavy atom. The third-order valence-electron chi connectivity index (χ3n) is 4.67. The minimum atomic E-state index is -0.492. The molecule has 5 nitrogen and oxygen atoms in total. The van der Waals surface area contributed by atoms with E-state index in [4.69, 9.17) is 11.6 Å². The van der Waals surface area contributed by atoms with Crippen molar-refractivity contribution in [2.75, 3.05) is 25.6 Å². The Kier molecular flexibility index (Phi) is 5.82. The van der Waals surface area contributed by atoms with E-state index in [-0.39, 0.29) is 30.2 Å². The second kappa shape index (κ2) is 8.12. The van der Waals surface area contributed by atoms with Crippen LogP contribution >= 0.6 is 11.6 Å². The molecule has 0 unspecified atom stereocenters. The summed E-state index contributed by atoms with van der Waals surface area (Å²) in [5, 5.41) is 9.73. The van der Waals surface area contributed by atoms with Crippen LogP contribution in [0.5, 0.6) is 0 Å². The fourth-order valence-electron chi connectivity index (χ4n) is 3.32. The van der Waals surface area contributed by atoms with E-state index in [1.807, 2.05) is 25.1 Å². The zero-order valence-corrected chi connectivity index (χ0v) is 16.3. The van der Waals surface area contributed by atoms with E-state index in [9.17, 15) is 19.1 Å². The number of aldehydes is 1. The SMILES string of the molecule is CN(C)c1cc2c(cc1Cc1cccc(Cl)c1F)c(=O)c(C=O)cn2CCO. The topological polar surface area (TPSA) is 62.5 Å². The smallest absolute Gasteiger partial charge is 0.199 e. The number of fused-ring (bicyclic) bond motifs is 1. The van der Waals surface area contributed by atoms with Gasteiger partial charge in [-0.25, -0.2) is 4.39 Å². The molecule has 3 aromatic rings. The van der Waals surface area contributed by atoms with Crippen LogP contribution in [0.4, 0.5) is 10.1 Å². The quantitative estimate of drug-likeness (QED) is 0.643. The summed E-state index contributed by atoms with van der Waals surface area (Å²) < 4.78 is 16.1. The molecule has 0 aliphatic carbocycles. The Hall–Kier alpha value is -2.70. The fraction of sp³-hybridized carbons (Fsp3) is 0.238. The molecule has 0 bridgehead atoms. The van der Waals surface area contributed by atoms with Crippen molar-refractivity contribution < 1.29 is 14.3 Å². The number of anilines is 1. The number of carbonyl (C=O) groups is 1. The number of aliphatic hydroxyl groups excluding tert-OH is 1. The Bertz CT molecular complexity index is 1110. The summed E-state index contributed by atoms with van der Waals surface area (Å²) in [6, 6.07) is 8.32. The maximum atomic E-state index is 14.4. The van der Waals surface area contributed by atoms with Gasteiger partial charge in [-0.2, -0.15) is 0 Å². The molecule has 146 valence electrons. The van der Waals surface area contributed by atoms with Gasteiger partial charge in [-0.05, 0) is 29.3 Å². The van der Waals surface area contributed by atoms with E-state index in [2.05, 4.69) is 0 Å². The monoisotopic (exact) mass is 402 g/mol. The molecule has 0 aliphatic heterocycles. The molecule has 0 atom stereocenters. The van der Waals surface area contributed by atoms with Crippen molar-refractivity contribution in [2.24, 2.45) is 0 Å². The average molecular weight is 403 g/mol. The molecular weight excluding hydrogens is 383 g/mol. The van der Waals surface area contributed by atoms with Crippen molar-refractivity contribution in [3.05, 3.63) is 74.3 Å². The van der Waals surface area contributed by atoms with E-state index in [0.717, 1.165) is 11.3 Å². The van der Waals surface area contributed by atoms with Crippen molar-refractivity contribution in [3.63, 3.8) is 0 Å². The van der Waals surface area contributed by atoms with Crippen LogP contribution in [0.25, 0.3) is 10.9 Å². The van der Waals surface area contributed by atoms with Gasteiger partial charge in [-0.15, -0.1) is 0 Å². The molecule has 28 heavy (non-hydrogen) atoms. The van der Waals surface area contributed by atoms with Crippen LogP contribution in [0, 0.1) is 5.82 Å². The molecule has 0 spiro atoms. The summed E-state index contributed by atoms with van der Waals surface area (Å²) in [6.07, 6.45) is 2.19. The summed E-state index contributed by atoms with van der Waals surface area (Å²) >= 11 is 5.90. The Labute approximate surface area is 166 Å². The molecule has 1 heterocycles. The molecule has 0 radical (unpaired) electrons. The highest BCUT2D eigenvalue weighted by Crippen LogP contribution is 2.29. The first kappa shape index (κ1) is 20.0. The maximum absolute atomic E-state index is 14.4. The van der Waals surface area contributed by atoms with Crippen LogP contribution in [-0.2, 0) is 13.0 Å². The van der Waals surface area contributed by atoms with Crippen LogP contribution < -0.4 is 10.3 Å². The molecule has 2 aromatic carbocycles. The zero-order valence-electron chi connectivity index (χ0n) is 15.6. The van der Waals surface area contributed by atoms with E-state index < -0.39 is 11.2 Å². The number of aromatic nitrogens is 1. The standard InChI is InChI=1S/C21H20ClFN2O3/c1-24(2)18-10-19-16(21(28)15(12-27)11-25(19)6-7-26)9-14(18)8-13-4-3-5-17(22)20(13)23/h3-5,9-12,26H,6-8H2,1-2H3. The predicted molar refractivity (Wildman–Crippen MR) is 109 cm³/mol. The maximum Gasteiger partial charge on any atom is 0.199 e. The first-order valence-electron chi connectivity index (χ1n) is 8.73. The minimum absolute atomic E-state index is 0.0124. The number of hydrogen-bond acceptors (Lipinski definition) is 4. The first-order valence-corrected chi connectivity index (χ1v) is 9.11. The van der Waals surface area contributed by atoms with Gasteiger partial charge in [0.2, 0.25) is 0 Å². The first-order chi connectivity index (χ1) is 13.4. The number of pyridine rings is 1. The molecule has 0 saturated heterocycles. The summed E-state index contributed by atoms with van der Waals surface area (Å²) in [4.78, 5) is 25.9. The molecular formula is C21H20ClFN2O3. The van der Waals surface area contributed by atoms with E-state index in [1.165, 1.54) is 12.3 Å². The Morgan fingerprint density at radius 3 is 2.64 bits per heavy atom. The number of carbonyl (C=O) groups excluding carboxylic acids is 1. The highest BCUT2D eigenvalue weighted by atomic mass is 35.5. The molecule has 0 amide bonds. The second-order valence-corrected chi connectivity index (χ2v) is 7.14. The third kappa shape index (κ3) is 3.66. The van der Waals surface area contributed by atoms with Crippen molar-refractivity contribution in [1.82, 2.24) is 4.57 Å². The summed E-state index contributed by atoms with van der Waals surface area (Å²) in [6.45, 7) is 0.107. The van der Waals surface area contributed by atoms with Gasteiger partial charge in [0, 0.05) is 44.3 Å². The van der Waals surface area contributed by atoms with Crippen LogP contribution in [0.2, 0.25) is 5.02 Å². The number of halogens is 2. The van der Waals surface area contributed by atoms with Gasteiger partial charge in [-0.1, -0.05) is 23.7 Å². The Balaban J connectivity index is 2.28. The molecule has 0 saturated carbocycles. The summed E-state index contributed by atoms with van der Waals surface area (Å²) in [5.41, 5.74) is 2.17. The highest BCUT2D eigenvalue weighted by molar-refractivity contribution is 6.30. The fourth-order valence-corrected chi connectivity index (χ4v) is 3.51. The van der Waals surface area contributed by atoms with Crippen molar-refractivity contribution in [1.29, 1.82) is 0 Å². The van der Waals surface area contributed by atoms with Crippen molar-refractivity contribution >= 4 is 34.5 Å². The predicted octanol–water partition coefficient (Wildman–Crippen LogP) is 3.26. The molecule has 0 fully saturated rings. The van der Waals surface area contributed by atoms with Crippen molar-refractivity contribution in [3.8, 4) is 0 Å². The van der Waals surface area contributed by atoms with Gasteiger partial charge in [0.1, 0.15) is 5.82 Å². The lowest BCUT2D eigenvalue weighted by molar-refractivity contribution is 0.112. The minimum Gasteiger partial charge on any atom is -0.395 e. The van der Waals surface area contributed by atoms with Gasteiger partial charge in [0.15, 0.2) is 11.7 Å². The van der Waals surface area contributed by atoms with Gasteiger partial charge in [0.25, 0.3) is 0 Å². The molecule has 7 heteroatoms. The molecule has 0 aliphatic rings. The van der Waals surface area contributed by atoms with Gasteiger partial charge < -0.3 is 14.6 Å². The largest absolute Gasteiger partial charge is 0.395 e. The highest BCUT2D eigenvalue weighted by Gasteiger charge is 2.16. The lowest BCUT2D eigenvalue weighted by Crippen LogP contribution is -2.18. The summed E-state index contributed by atoms with van der Waals surface area (Å²) in [7, 11) is 3.71. The normalized spacial score (nSPS) is 11.0. The number of nitrogens with zero attached hydrogens (tertiary/aromatic N) is 2. The number of hydrogen-bond donors (Lipinski definition) is 1. The lowest BCUT2D eigenvalue weighted by atomic mass is 9.99. The van der Waals surface area contributed by atoms with E-state index in [1.54, 1.807) is 22.8 Å². The summed E-state index contributed by atoms with van der Waals surface area (Å²) in [5.74, 6) is -0.492. The number of rotatable bonds is 6. The zero-order chi connectivity index (χ0) is 20.4. The molecule has 3 rings (SSSR count). The van der Waals surface area contributed by atoms with Gasteiger partial charge >= 0.3 is 0 Å². The third-order valence-corrected chi connectivity index (χ3v) is 4.96. The van der Waals surface area contributed by atoms with E-state index in [0.29, 0.717) is 22.8 Å². The molecule has 1 N–H and O–H groups in total. The lowest BCUT2D eigenvalue weighted by Gasteiger charge is -2.21. The second-order valence-electron chi connectivity index (χ2n) is 6.73. The van der Waals surface area contributed by atoms with Crippen LogP contribution in [0.3, 0.4) is 0 Å². The average Bonchev–Trinajstić information content (AvgIpc) is 2.67. The number of benzene rings is 2. The molecule has 1 aromatic heterocycles. The number of aliphatic hydroxyl groups is 1.